The summed E-state index contributed by atoms with van der Waals surface area (Å²) in [6, 6.07) is 4.48. The van der Waals surface area contributed by atoms with E-state index in [1.165, 1.54) is 12.1 Å². The highest BCUT2D eigenvalue weighted by Gasteiger charge is 2.13. The van der Waals surface area contributed by atoms with Gasteiger partial charge in [0.05, 0.1) is 6.10 Å². The average Bonchev–Trinajstić information content (AvgIpc) is 2.28. The highest BCUT2D eigenvalue weighted by atomic mass is 19.1. The van der Waals surface area contributed by atoms with Crippen molar-refractivity contribution in [2.24, 2.45) is 0 Å². The first-order chi connectivity index (χ1) is 8.54. The van der Waals surface area contributed by atoms with Crippen LogP contribution in [0.25, 0.3) is 0 Å². The molecular formula is C14H22FNO2. The summed E-state index contributed by atoms with van der Waals surface area (Å²) >= 11 is 0. The number of rotatable bonds is 7. The zero-order valence-corrected chi connectivity index (χ0v) is 11.3. The Kier molecular flexibility index (Phi) is 6.25. The number of nitrogens with zero attached hydrogens (tertiary/aromatic N) is 1. The fourth-order valence-electron chi connectivity index (χ4n) is 1.98. The molecule has 0 fully saturated rings. The minimum atomic E-state index is -0.585. The lowest BCUT2D eigenvalue weighted by molar-refractivity contribution is 0.117. The Morgan fingerprint density at radius 1 is 1.44 bits per heavy atom. The van der Waals surface area contributed by atoms with Crippen LogP contribution >= 0.6 is 0 Å². The monoisotopic (exact) mass is 255 g/mol. The van der Waals surface area contributed by atoms with E-state index in [0.29, 0.717) is 6.54 Å². The highest BCUT2D eigenvalue weighted by Crippen LogP contribution is 2.19. The Morgan fingerprint density at radius 2 is 2.17 bits per heavy atom. The van der Waals surface area contributed by atoms with Gasteiger partial charge in [-0.15, -0.1) is 0 Å². The predicted molar refractivity (Wildman–Crippen MR) is 70.1 cm³/mol. The number of aliphatic hydroxyl groups is 1. The molecule has 1 N–H and O–H groups in total. The molecular weight excluding hydrogens is 233 g/mol. The van der Waals surface area contributed by atoms with Crippen LogP contribution in [-0.2, 0) is 4.74 Å². The van der Waals surface area contributed by atoms with Gasteiger partial charge in [0.25, 0.3) is 0 Å². The van der Waals surface area contributed by atoms with Gasteiger partial charge in [-0.1, -0.05) is 6.07 Å². The first-order valence-corrected chi connectivity index (χ1v) is 6.16. The molecule has 1 rings (SSSR count). The summed E-state index contributed by atoms with van der Waals surface area (Å²) in [5.74, 6) is -0.267. The van der Waals surface area contributed by atoms with E-state index < -0.39 is 6.10 Å². The molecule has 0 spiro atoms. The van der Waals surface area contributed by atoms with E-state index in [1.54, 1.807) is 13.2 Å². The topological polar surface area (TPSA) is 32.7 Å². The first-order valence-electron chi connectivity index (χ1n) is 6.16. The van der Waals surface area contributed by atoms with Gasteiger partial charge in [0.15, 0.2) is 0 Å². The third-order valence-corrected chi connectivity index (χ3v) is 2.96. The van der Waals surface area contributed by atoms with Crippen LogP contribution in [0.2, 0.25) is 0 Å². The van der Waals surface area contributed by atoms with E-state index in [0.717, 1.165) is 30.7 Å². The van der Waals surface area contributed by atoms with Crippen molar-refractivity contribution >= 4 is 0 Å². The third kappa shape index (κ3) is 4.72. The van der Waals surface area contributed by atoms with Crippen molar-refractivity contribution < 1.29 is 14.2 Å². The number of benzene rings is 1. The van der Waals surface area contributed by atoms with E-state index >= 15 is 0 Å². The molecule has 0 aromatic heterocycles. The van der Waals surface area contributed by atoms with Gasteiger partial charge in [0.1, 0.15) is 5.82 Å². The van der Waals surface area contributed by atoms with Gasteiger partial charge in [-0.3, -0.25) is 0 Å². The Balaban J connectivity index is 2.51. The van der Waals surface area contributed by atoms with Crippen molar-refractivity contribution in [2.45, 2.75) is 19.4 Å². The van der Waals surface area contributed by atoms with Crippen LogP contribution in [0, 0.1) is 12.7 Å². The molecule has 0 aliphatic rings. The molecule has 0 saturated heterocycles. The molecule has 102 valence electrons. The van der Waals surface area contributed by atoms with Crippen molar-refractivity contribution in [1.82, 2.24) is 4.90 Å². The average molecular weight is 255 g/mol. The minimum absolute atomic E-state index is 0.267. The molecule has 1 atom stereocenters. The minimum Gasteiger partial charge on any atom is -0.387 e. The van der Waals surface area contributed by atoms with Crippen LogP contribution in [0.15, 0.2) is 18.2 Å². The summed E-state index contributed by atoms with van der Waals surface area (Å²) in [4.78, 5) is 2.05. The van der Waals surface area contributed by atoms with Crippen molar-refractivity contribution in [3.05, 3.63) is 35.1 Å². The van der Waals surface area contributed by atoms with E-state index in [-0.39, 0.29) is 5.82 Å². The van der Waals surface area contributed by atoms with Crippen LogP contribution in [-0.4, -0.2) is 43.9 Å². The molecule has 0 aliphatic carbocycles. The SMILES string of the molecule is COCCCN(C)CC(O)c1ccc(F)cc1C. The maximum absolute atomic E-state index is 13.0. The number of likely N-dealkylation sites (N-methyl/N-ethyl adjacent to an activating group) is 1. The van der Waals surface area contributed by atoms with Gasteiger partial charge in [-0.2, -0.15) is 0 Å². The van der Waals surface area contributed by atoms with Crippen LogP contribution in [0.5, 0.6) is 0 Å². The van der Waals surface area contributed by atoms with E-state index in [2.05, 4.69) is 0 Å². The fraction of sp³-hybridized carbons (Fsp3) is 0.571. The molecule has 4 heteroatoms. The summed E-state index contributed by atoms with van der Waals surface area (Å²) < 4.78 is 18.0. The summed E-state index contributed by atoms with van der Waals surface area (Å²) in [6.45, 7) is 3.93. The van der Waals surface area contributed by atoms with Crippen molar-refractivity contribution in [3.8, 4) is 0 Å². The Hall–Kier alpha value is -0.970. The standard InChI is InChI=1S/C14H22FNO2/c1-11-9-12(15)5-6-13(11)14(17)10-16(2)7-4-8-18-3/h5-6,9,14,17H,4,7-8,10H2,1-3H3. The lowest BCUT2D eigenvalue weighted by Gasteiger charge is -2.21. The van der Waals surface area contributed by atoms with Crippen LogP contribution in [0.4, 0.5) is 4.39 Å². The van der Waals surface area contributed by atoms with Crippen molar-refractivity contribution in [2.75, 3.05) is 33.9 Å². The number of methoxy groups -OCH3 is 1. The largest absolute Gasteiger partial charge is 0.387 e. The van der Waals surface area contributed by atoms with Gasteiger partial charge in [-0.25, -0.2) is 4.39 Å². The second-order valence-corrected chi connectivity index (χ2v) is 4.63. The molecule has 0 radical (unpaired) electrons. The van der Waals surface area contributed by atoms with Crippen LogP contribution < -0.4 is 0 Å². The molecule has 0 aliphatic heterocycles. The summed E-state index contributed by atoms with van der Waals surface area (Å²) in [6.07, 6.45) is 0.348. The summed E-state index contributed by atoms with van der Waals surface area (Å²) in [5, 5.41) is 10.1. The lowest BCUT2D eigenvalue weighted by Crippen LogP contribution is -2.26. The second kappa shape index (κ2) is 7.46. The maximum Gasteiger partial charge on any atom is 0.123 e. The smallest absolute Gasteiger partial charge is 0.123 e. The Morgan fingerprint density at radius 3 is 2.78 bits per heavy atom. The molecule has 1 aromatic rings. The zero-order valence-electron chi connectivity index (χ0n) is 11.3. The lowest BCUT2D eigenvalue weighted by atomic mass is 10.0. The van der Waals surface area contributed by atoms with Crippen LogP contribution in [0.1, 0.15) is 23.7 Å². The Labute approximate surface area is 108 Å². The van der Waals surface area contributed by atoms with Gasteiger partial charge >= 0.3 is 0 Å². The molecule has 0 amide bonds. The maximum atomic E-state index is 13.0. The number of aliphatic hydroxyl groups excluding tert-OH is 1. The van der Waals surface area contributed by atoms with E-state index in [1.807, 2.05) is 18.9 Å². The fourth-order valence-corrected chi connectivity index (χ4v) is 1.98. The number of halogens is 1. The summed E-state index contributed by atoms with van der Waals surface area (Å²) in [5.41, 5.74) is 1.57. The second-order valence-electron chi connectivity index (χ2n) is 4.63. The molecule has 18 heavy (non-hydrogen) atoms. The Bertz CT molecular complexity index is 371. The molecule has 1 aromatic carbocycles. The van der Waals surface area contributed by atoms with Gasteiger partial charge in [0.2, 0.25) is 0 Å². The number of aryl methyl sites for hydroxylation is 1. The molecule has 0 saturated carbocycles. The number of hydrogen-bond acceptors (Lipinski definition) is 3. The summed E-state index contributed by atoms with van der Waals surface area (Å²) in [7, 11) is 3.63. The van der Waals surface area contributed by atoms with Crippen LogP contribution in [0.3, 0.4) is 0 Å². The van der Waals surface area contributed by atoms with Gasteiger partial charge in [-0.05, 0) is 43.7 Å². The molecule has 0 heterocycles. The van der Waals surface area contributed by atoms with Gasteiger partial charge < -0.3 is 14.7 Å². The quantitative estimate of drug-likeness (QED) is 0.758. The van der Waals surface area contributed by atoms with Gasteiger partial charge in [0, 0.05) is 26.8 Å². The normalized spacial score (nSPS) is 13.0. The number of ether oxygens (including phenoxy) is 1. The van der Waals surface area contributed by atoms with E-state index in [9.17, 15) is 9.50 Å². The molecule has 0 bridgehead atoms. The van der Waals surface area contributed by atoms with Crippen molar-refractivity contribution in [3.63, 3.8) is 0 Å². The first kappa shape index (κ1) is 15.1. The van der Waals surface area contributed by atoms with Crippen molar-refractivity contribution in [1.29, 1.82) is 0 Å². The molecule has 1 unspecified atom stereocenters. The predicted octanol–water partition coefficient (Wildman–Crippen LogP) is 2.14. The van der Waals surface area contributed by atoms with E-state index in [4.69, 9.17) is 4.74 Å². The number of hydrogen-bond donors (Lipinski definition) is 1. The third-order valence-electron chi connectivity index (χ3n) is 2.96. The zero-order chi connectivity index (χ0) is 13.5. The molecule has 3 nitrogen and oxygen atoms in total. The highest BCUT2D eigenvalue weighted by molar-refractivity contribution is 5.28.